The molecule has 0 fully saturated rings. The van der Waals surface area contributed by atoms with Crippen molar-refractivity contribution in [3.05, 3.63) is 76.5 Å². The number of aryl methyl sites for hydroxylation is 4. The first-order chi connectivity index (χ1) is 13.8. The Labute approximate surface area is 172 Å². The molecule has 29 heavy (non-hydrogen) atoms. The van der Waals surface area contributed by atoms with E-state index in [1.807, 2.05) is 12.1 Å². The standard InChI is InChI=1S/C23H27N5O/c1-15-12-16(2)22(17(3)13-15)27-21-14-20(25-18(4)26-21)23(29)28(5)11-8-19-6-9-24-10-7-19/h6-7,9-10,12-14H,8,11H2,1-5H3,(H,25,26,27). The average Bonchev–Trinajstić information content (AvgIpc) is 2.68. The second-order valence-corrected chi connectivity index (χ2v) is 7.42. The van der Waals surface area contributed by atoms with Crippen LogP contribution in [0, 0.1) is 27.7 Å². The molecule has 3 rings (SSSR count). The highest BCUT2D eigenvalue weighted by molar-refractivity contribution is 5.93. The molecule has 0 aliphatic rings. The normalized spacial score (nSPS) is 10.7. The molecule has 1 N–H and O–H groups in total. The lowest BCUT2D eigenvalue weighted by Gasteiger charge is -2.18. The minimum absolute atomic E-state index is 0.120. The zero-order chi connectivity index (χ0) is 21.0. The van der Waals surface area contributed by atoms with Gasteiger partial charge in [-0.2, -0.15) is 0 Å². The van der Waals surface area contributed by atoms with E-state index in [0.717, 1.165) is 28.8 Å². The van der Waals surface area contributed by atoms with Crippen LogP contribution in [0.25, 0.3) is 0 Å². The van der Waals surface area contributed by atoms with Crippen LogP contribution in [0.5, 0.6) is 0 Å². The van der Waals surface area contributed by atoms with Crippen molar-refractivity contribution in [2.75, 3.05) is 18.9 Å². The first kappa shape index (κ1) is 20.5. The number of anilines is 2. The van der Waals surface area contributed by atoms with Gasteiger partial charge in [-0.15, -0.1) is 0 Å². The number of amides is 1. The van der Waals surface area contributed by atoms with E-state index in [2.05, 4.69) is 53.2 Å². The molecule has 0 atom stereocenters. The topological polar surface area (TPSA) is 71.0 Å². The van der Waals surface area contributed by atoms with Crippen molar-refractivity contribution in [1.29, 1.82) is 0 Å². The lowest BCUT2D eigenvalue weighted by Crippen LogP contribution is -2.30. The summed E-state index contributed by atoms with van der Waals surface area (Å²) < 4.78 is 0. The second kappa shape index (κ2) is 8.82. The number of hydrogen-bond acceptors (Lipinski definition) is 5. The van der Waals surface area contributed by atoms with Gasteiger partial charge in [-0.25, -0.2) is 9.97 Å². The minimum atomic E-state index is -0.120. The Kier molecular flexibility index (Phi) is 6.22. The van der Waals surface area contributed by atoms with Gasteiger partial charge in [0.05, 0.1) is 0 Å². The number of aromatic nitrogens is 3. The summed E-state index contributed by atoms with van der Waals surface area (Å²) in [4.78, 5) is 27.4. The maximum atomic E-state index is 12.9. The number of carbonyl (C=O) groups is 1. The van der Waals surface area contributed by atoms with Crippen LogP contribution >= 0.6 is 0 Å². The highest BCUT2D eigenvalue weighted by Crippen LogP contribution is 2.25. The zero-order valence-electron chi connectivity index (χ0n) is 17.7. The molecule has 150 valence electrons. The summed E-state index contributed by atoms with van der Waals surface area (Å²) in [5.74, 6) is 1.06. The molecule has 0 radical (unpaired) electrons. The first-order valence-corrected chi connectivity index (χ1v) is 9.68. The summed E-state index contributed by atoms with van der Waals surface area (Å²) in [7, 11) is 1.79. The van der Waals surface area contributed by atoms with Crippen molar-refractivity contribution >= 4 is 17.4 Å². The molecule has 6 nitrogen and oxygen atoms in total. The molecule has 2 heterocycles. The Morgan fingerprint density at radius 2 is 1.66 bits per heavy atom. The van der Waals surface area contributed by atoms with Gasteiger partial charge >= 0.3 is 0 Å². The molecule has 0 aliphatic heterocycles. The van der Waals surface area contributed by atoms with E-state index in [4.69, 9.17) is 0 Å². The van der Waals surface area contributed by atoms with Crippen LogP contribution in [0.15, 0.2) is 42.7 Å². The predicted octanol–water partition coefficient (Wildman–Crippen LogP) is 4.16. The SMILES string of the molecule is Cc1cc(C)c(Nc2cc(C(=O)N(C)CCc3ccncc3)nc(C)n2)c(C)c1. The molecule has 1 amide bonds. The molecule has 0 saturated heterocycles. The number of rotatable bonds is 6. The molecular weight excluding hydrogens is 362 g/mol. The Bertz CT molecular complexity index is 994. The fourth-order valence-corrected chi connectivity index (χ4v) is 3.39. The smallest absolute Gasteiger partial charge is 0.272 e. The summed E-state index contributed by atoms with van der Waals surface area (Å²) in [5, 5.41) is 3.37. The minimum Gasteiger partial charge on any atom is -0.340 e. The largest absolute Gasteiger partial charge is 0.340 e. The molecule has 0 unspecified atom stereocenters. The van der Waals surface area contributed by atoms with Crippen molar-refractivity contribution in [2.45, 2.75) is 34.1 Å². The van der Waals surface area contributed by atoms with Crippen molar-refractivity contribution in [3.63, 3.8) is 0 Å². The molecule has 0 bridgehead atoms. The Morgan fingerprint density at radius 3 is 2.31 bits per heavy atom. The van der Waals surface area contributed by atoms with Crippen LogP contribution in [0.1, 0.15) is 38.6 Å². The lowest BCUT2D eigenvalue weighted by atomic mass is 10.1. The maximum Gasteiger partial charge on any atom is 0.272 e. The molecule has 3 aromatic rings. The molecule has 0 saturated carbocycles. The quantitative estimate of drug-likeness (QED) is 0.685. The molecule has 2 aromatic heterocycles. The van der Waals surface area contributed by atoms with E-state index in [9.17, 15) is 4.79 Å². The number of nitrogens with zero attached hydrogens (tertiary/aromatic N) is 4. The maximum absolute atomic E-state index is 12.9. The van der Waals surface area contributed by atoms with Crippen molar-refractivity contribution in [2.24, 2.45) is 0 Å². The zero-order valence-corrected chi connectivity index (χ0v) is 17.7. The fraction of sp³-hybridized carbons (Fsp3) is 0.304. The van der Waals surface area contributed by atoms with Crippen LogP contribution in [0.3, 0.4) is 0 Å². The van der Waals surface area contributed by atoms with Gasteiger partial charge in [0, 0.05) is 37.7 Å². The van der Waals surface area contributed by atoms with Crippen molar-refractivity contribution in [1.82, 2.24) is 19.9 Å². The average molecular weight is 390 g/mol. The number of hydrogen-bond donors (Lipinski definition) is 1. The van der Waals surface area contributed by atoms with Crippen LogP contribution in [-0.2, 0) is 6.42 Å². The van der Waals surface area contributed by atoms with E-state index < -0.39 is 0 Å². The third-order valence-electron chi connectivity index (χ3n) is 4.82. The summed E-state index contributed by atoms with van der Waals surface area (Å²) >= 11 is 0. The number of nitrogens with one attached hydrogen (secondary N) is 1. The van der Waals surface area contributed by atoms with Gasteiger partial charge in [0.25, 0.3) is 5.91 Å². The Hall–Kier alpha value is -3.28. The van der Waals surface area contributed by atoms with Crippen LogP contribution < -0.4 is 5.32 Å². The van der Waals surface area contributed by atoms with Crippen LogP contribution in [0.2, 0.25) is 0 Å². The van der Waals surface area contributed by atoms with Gasteiger partial charge in [-0.3, -0.25) is 9.78 Å². The third-order valence-corrected chi connectivity index (χ3v) is 4.82. The molecule has 0 spiro atoms. The summed E-state index contributed by atoms with van der Waals surface area (Å²) in [5.41, 5.74) is 6.04. The van der Waals surface area contributed by atoms with E-state index in [-0.39, 0.29) is 5.91 Å². The highest BCUT2D eigenvalue weighted by atomic mass is 16.2. The number of pyridine rings is 1. The van der Waals surface area contributed by atoms with E-state index >= 15 is 0 Å². The van der Waals surface area contributed by atoms with Gasteiger partial charge in [-0.1, -0.05) is 17.7 Å². The molecule has 0 aliphatic carbocycles. The molecule has 1 aromatic carbocycles. The number of carbonyl (C=O) groups excluding carboxylic acids is 1. The van der Waals surface area contributed by atoms with Gasteiger partial charge in [0.2, 0.25) is 0 Å². The van der Waals surface area contributed by atoms with E-state index in [0.29, 0.717) is 23.9 Å². The van der Waals surface area contributed by atoms with Crippen molar-refractivity contribution in [3.8, 4) is 0 Å². The molecule has 6 heteroatoms. The van der Waals surface area contributed by atoms with Gasteiger partial charge < -0.3 is 10.2 Å². The fourth-order valence-electron chi connectivity index (χ4n) is 3.39. The van der Waals surface area contributed by atoms with E-state index in [1.54, 1.807) is 37.3 Å². The van der Waals surface area contributed by atoms with Gasteiger partial charge in [-0.05, 0) is 62.9 Å². The van der Waals surface area contributed by atoms with Crippen molar-refractivity contribution < 1.29 is 4.79 Å². The lowest BCUT2D eigenvalue weighted by molar-refractivity contribution is 0.0790. The third kappa shape index (κ3) is 5.16. The monoisotopic (exact) mass is 389 g/mol. The highest BCUT2D eigenvalue weighted by Gasteiger charge is 2.16. The number of likely N-dealkylation sites (N-methyl/N-ethyl adjacent to an activating group) is 1. The van der Waals surface area contributed by atoms with Crippen LogP contribution in [-0.4, -0.2) is 39.4 Å². The number of benzene rings is 1. The van der Waals surface area contributed by atoms with E-state index in [1.165, 1.54) is 5.56 Å². The Balaban J connectivity index is 1.77. The summed E-state index contributed by atoms with van der Waals surface area (Å²) in [6.07, 6.45) is 4.29. The van der Waals surface area contributed by atoms with Gasteiger partial charge in [0.1, 0.15) is 17.3 Å². The summed E-state index contributed by atoms with van der Waals surface area (Å²) in [6, 6.07) is 9.89. The molecular formula is C23H27N5O. The summed E-state index contributed by atoms with van der Waals surface area (Å²) in [6.45, 7) is 8.61. The van der Waals surface area contributed by atoms with Gasteiger partial charge in [0.15, 0.2) is 0 Å². The Morgan fingerprint density at radius 1 is 1.00 bits per heavy atom. The van der Waals surface area contributed by atoms with Crippen LogP contribution in [0.4, 0.5) is 11.5 Å². The predicted molar refractivity (Wildman–Crippen MR) is 116 cm³/mol. The second-order valence-electron chi connectivity index (χ2n) is 7.42. The first-order valence-electron chi connectivity index (χ1n) is 9.68.